The lowest BCUT2D eigenvalue weighted by molar-refractivity contribution is 0.804. The van der Waals surface area contributed by atoms with E-state index >= 15 is 0 Å². The van der Waals surface area contributed by atoms with Crippen LogP contribution in [0.4, 0.5) is 0 Å². The molecule has 12 N–H and O–H groups in total. The Labute approximate surface area is 154 Å². The second kappa shape index (κ2) is 13.0. The monoisotopic (exact) mass is 362 g/mol. The number of rotatable bonds is 5. The highest BCUT2D eigenvalue weighted by atomic mass is 15.2. The third kappa shape index (κ3) is 12.2. The Morgan fingerprint density at radius 2 is 1.73 bits per heavy atom. The van der Waals surface area contributed by atoms with E-state index in [-0.39, 0.29) is 29.9 Å². The van der Waals surface area contributed by atoms with Crippen LogP contribution >= 0.6 is 0 Å². The number of nitrogens with zero attached hydrogens (tertiary/aromatic N) is 3. The smallest absolute Gasteiger partial charge is 0.219 e. The van der Waals surface area contributed by atoms with Crippen molar-refractivity contribution >= 4 is 23.8 Å². The zero-order valence-electron chi connectivity index (χ0n) is 15.3. The lowest BCUT2D eigenvalue weighted by Gasteiger charge is -2.06. The molecule has 0 saturated heterocycles. The second-order valence-corrected chi connectivity index (χ2v) is 5.27. The molecule has 0 amide bonds. The minimum absolute atomic E-state index is 0.0608. The summed E-state index contributed by atoms with van der Waals surface area (Å²) in [6.07, 6.45) is 2.08. The highest BCUT2D eigenvalue weighted by molar-refractivity contribution is 5.95. The summed E-state index contributed by atoms with van der Waals surface area (Å²) in [6.45, 7) is 4.68. The summed E-state index contributed by atoms with van der Waals surface area (Å²) >= 11 is 0. The predicted molar refractivity (Wildman–Crippen MR) is 109 cm³/mol. The quantitative estimate of drug-likeness (QED) is 0.216. The number of benzene rings is 1. The Morgan fingerprint density at radius 1 is 1.12 bits per heavy atom. The summed E-state index contributed by atoms with van der Waals surface area (Å²) in [5.41, 5.74) is 27.3. The molecule has 0 aliphatic heterocycles. The van der Waals surface area contributed by atoms with Gasteiger partial charge in [-0.3, -0.25) is 15.7 Å². The van der Waals surface area contributed by atoms with Gasteiger partial charge in [0.05, 0.1) is 6.04 Å². The van der Waals surface area contributed by atoms with E-state index in [2.05, 4.69) is 27.2 Å². The fourth-order valence-corrected chi connectivity index (χ4v) is 1.70. The molecule has 0 aromatic heterocycles. The fraction of sp³-hybridized carbons (Fsp3) is 0.375. The first-order chi connectivity index (χ1) is 12.3. The van der Waals surface area contributed by atoms with Crippen LogP contribution in [0, 0.1) is 5.41 Å². The molecule has 0 radical (unpaired) electrons. The van der Waals surface area contributed by atoms with Crippen molar-refractivity contribution in [2.75, 3.05) is 6.54 Å². The topological polar surface area (TPSA) is 203 Å². The van der Waals surface area contributed by atoms with Crippen molar-refractivity contribution < 1.29 is 0 Å². The molecule has 0 fully saturated rings. The van der Waals surface area contributed by atoms with Gasteiger partial charge in [-0.2, -0.15) is 4.99 Å². The molecule has 10 heteroatoms. The maximum Gasteiger partial charge on any atom is 0.219 e. The number of hydrogen-bond donors (Lipinski definition) is 7. The van der Waals surface area contributed by atoms with Crippen LogP contribution in [-0.4, -0.2) is 30.4 Å². The molecule has 144 valence electrons. The third-order valence-corrected chi connectivity index (χ3v) is 2.91. The number of guanidine groups is 4. The van der Waals surface area contributed by atoms with Crippen molar-refractivity contribution in [3.63, 3.8) is 0 Å². The molecule has 1 aromatic rings. The van der Waals surface area contributed by atoms with Crippen LogP contribution in [0.25, 0.3) is 0 Å². The predicted octanol–water partition coefficient (Wildman–Crippen LogP) is -0.0800. The Kier molecular flexibility index (Phi) is 11.4. The standard InChI is InChI=1S/C10H15N5.C6H15N5/c1-7(8-5-3-2-4-6-8)14-10(13)15-9(11)12;1-2-3-4-10-6(9)11-5(7)8/h2-7H,1H3,(H6,11,12,13,14,15);2-4H2,1H3,(H6,7,8,9,10,11). The van der Waals surface area contributed by atoms with Gasteiger partial charge < -0.3 is 28.7 Å². The lowest BCUT2D eigenvalue weighted by atomic mass is 10.1. The van der Waals surface area contributed by atoms with Crippen LogP contribution in [0.1, 0.15) is 38.3 Å². The van der Waals surface area contributed by atoms with Crippen molar-refractivity contribution in [1.29, 1.82) is 5.41 Å². The second-order valence-electron chi connectivity index (χ2n) is 5.27. The van der Waals surface area contributed by atoms with Crippen molar-refractivity contribution in [2.24, 2.45) is 43.6 Å². The normalized spacial score (nSPS) is 12.4. The van der Waals surface area contributed by atoms with E-state index in [1.54, 1.807) is 0 Å². The summed E-state index contributed by atoms with van der Waals surface area (Å²) in [5.74, 6) is 0.0385. The zero-order valence-corrected chi connectivity index (χ0v) is 15.3. The first kappa shape index (κ1) is 22.7. The maximum absolute atomic E-state index is 6.81. The van der Waals surface area contributed by atoms with Gasteiger partial charge in [-0.05, 0) is 18.9 Å². The molecular formula is C16H30N10. The molecule has 0 heterocycles. The third-order valence-electron chi connectivity index (χ3n) is 2.91. The van der Waals surface area contributed by atoms with Crippen LogP contribution in [-0.2, 0) is 0 Å². The Bertz CT molecular complexity index is 617. The molecule has 0 aliphatic rings. The van der Waals surface area contributed by atoms with Gasteiger partial charge in [-0.1, -0.05) is 43.7 Å². The Morgan fingerprint density at radius 3 is 2.23 bits per heavy atom. The maximum atomic E-state index is 6.81. The van der Waals surface area contributed by atoms with Crippen LogP contribution in [0.5, 0.6) is 0 Å². The van der Waals surface area contributed by atoms with Gasteiger partial charge in [0.25, 0.3) is 0 Å². The summed E-state index contributed by atoms with van der Waals surface area (Å²) < 4.78 is 0. The molecule has 0 spiro atoms. The van der Waals surface area contributed by atoms with E-state index in [1.807, 2.05) is 37.3 Å². The highest BCUT2D eigenvalue weighted by Gasteiger charge is 2.02. The molecular weight excluding hydrogens is 332 g/mol. The number of unbranched alkanes of at least 4 members (excludes halogenated alkanes) is 1. The summed E-state index contributed by atoms with van der Waals surface area (Å²) in [6, 6.07) is 9.71. The van der Waals surface area contributed by atoms with Gasteiger partial charge in [-0.15, -0.1) is 0 Å². The number of nitrogens with one attached hydrogen (secondary N) is 2. The summed E-state index contributed by atoms with van der Waals surface area (Å²) in [5, 5.41) is 9.20. The zero-order chi connectivity index (χ0) is 19.9. The largest absolute Gasteiger partial charge is 0.370 e. The van der Waals surface area contributed by atoms with Gasteiger partial charge >= 0.3 is 0 Å². The van der Waals surface area contributed by atoms with Gasteiger partial charge in [-0.25, -0.2) is 4.99 Å². The van der Waals surface area contributed by atoms with E-state index < -0.39 is 0 Å². The number of aliphatic imine (C=N–C) groups is 3. The van der Waals surface area contributed by atoms with E-state index in [4.69, 9.17) is 34.1 Å². The van der Waals surface area contributed by atoms with E-state index in [0.717, 1.165) is 18.4 Å². The van der Waals surface area contributed by atoms with Crippen molar-refractivity contribution in [3.8, 4) is 0 Å². The van der Waals surface area contributed by atoms with E-state index in [0.29, 0.717) is 6.54 Å². The van der Waals surface area contributed by atoms with Gasteiger partial charge in [0.1, 0.15) is 0 Å². The molecule has 1 unspecified atom stereocenters. The molecule has 1 rings (SSSR count). The van der Waals surface area contributed by atoms with Crippen LogP contribution < -0.4 is 34.0 Å². The average molecular weight is 362 g/mol. The van der Waals surface area contributed by atoms with E-state index in [9.17, 15) is 0 Å². The van der Waals surface area contributed by atoms with Gasteiger partial charge in [0.2, 0.25) is 5.96 Å². The Balaban J connectivity index is 0.000000508. The SMILES string of the molecule is CC(N=C(N)N=C(N)N)c1ccccc1.CCCCN=C(N)NC(=N)N. The minimum atomic E-state index is -0.178. The minimum Gasteiger partial charge on any atom is -0.370 e. The Hall–Kier alpha value is -3.30. The first-order valence-corrected chi connectivity index (χ1v) is 8.15. The van der Waals surface area contributed by atoms with Crippen molar-refractivity contribution in [3.05, 3.63) is 35.9 Å². The molecule has 0 aliphatic carbocycles. The molecule has 1 aromatic carbocycles. The molecule has 0 saturated carbocycles. The fourth-order valence-electron chi connectivity index (χ4n) is 1.70. The lowest BCUT2D eigenvalue weighted by Crippen LogP contribution is -2.40. The van der Waals surface area contributed by atoms with Crippen LogP contribution in [0.15, 0.2) is 45.3 Å². The summed E-state index contributed by atoms with van der Waals surface area (Å²) in [4.78, 5) is 11.7. The van der Waals surface area contributed by atoms with Crippen molar-refractivity contribution in [1.82, 2.24) is 5.32 Å². The number of nitrogens with two attached hydrogens (primary N) is 5. The van der Waals surface area contributed by atoms with Gasteiger partial charge in [0.15, 0.2) is 17.9 Å². The molecule has 0 bridgehead atoms. The van der Waals surface area contributed by atoms with Crippen LogP contribution in [0.2, 0.25) is 0 Å². The highest BCUT2D eigenvalue weighted by Crippen LogP contribution is 2.15. The first-order valence-electron chi connectivity index (χ1n) is 8.15. The molecule has 26 heavy (non-hydrogen) atoms. The van der Waals surface area contributed by atoms with Crippen molar-refractivity contribution in [2.45, 2.75) is 32.7 Å². The van der Waals surface area contributed by atoms with Crippen LogP contribution in [0.3, 0.4) is 0 Å². The van der Waals surface area contributed by atoms with E-state index in [1.165, 1.54) is 0 Å². The number of hydrogen-bond acceptors (Lipinski definition) is 3. The summed E-state index contributed by atoms with van der Waals surface area (Å²) in [7, 11) is 0. The molecule has 10 nitrogen and oxygen atoms in total. The van der Waals surface area contributed by atoms with Gasteiger partial charge in [0, 0.05) is 6.54 Å². The molecule has 1 atom stereocenters. The average Bonchev–Trinajstić information content (AvgIpc) is 2.55.